The lowest BCUT2D eigenvalue weighted by atomic mass is 10.2. The van der Waals surface area contributed by atoms with E-state index in [1.807, 2.05) is 25.1 Å². The van der Waals surface area contributed by atoms with Crippen LogP contribution in [-0.2, 0) is 4.79 Å². The molecule has 0 aliphatic carbocycles. The number of rotatable bonds is 5. The van der Waals surface area contributed by atoms with Crippen molar-refractivity contribution in [2.45, 2.75) is 6.92 Å². The molecule has 0 aromatic heterocycles. The van der Waals surface area contributed by atoms with Crippen LogP contribution in [0, 0.1) is 6.92 Å². The summed E-state index contributed by atoms with van der Waals surface area (Å²) in [4.78, 5) is 25.5. The fourth-order valence-corrected chi connectivity index (χ4v) is 2.43. The first-order valence-electron chi connectivity index (χ1n) is 7.48. The third kappa shape index (κ3) is 4.73. The minimum atomic E-state index is -0.221. The van der Waals surface area contributed by atoms with Gasteiger partial charge in [0.05, 0.1) is 17.3 Å². The number of aryl methyl sites for hydroxylation is 1. The molecular weight excluding hydrogens is 326 g/mol. The minimum Gasteiger partial charge on any atom is -0.375 e. The standard InChI is InChI=1S/C18H20ClN3O2/c1-12-7-8-16(15(19)9-12)20-11-17(23)21-14-6-4-5-13(10-14)18(24)22(2)3/h4-10,20H,11H2,1-3H3,(H,21,23). The number of halogens is 1. The summed E-state index contributed by atoms with van der Waals surface area (Å²) in [7, 11) is 3.37. The Morgan fingerprint density at radius 3 is 2.54 bits per heavy atom. The molecule has 2 aromatic carbocycles. The zero-order valence-corrected chi connectivity index (χ0v) is 14.6. The number of carbonyl (C=O) groups excluding carboxylic acids is 2. The molecule has 0 fully saturated rings. The number of benzene rings is 2. The summed E-state index contributed by atoms with van der Waals surface area (Å²) in [5, 5.41) is 6.33. The topological polar surface area (TPSA) is 61.4 Å². The highest BCUT2D eigenvalue weighted by molar-refractivity contribution is 6.33. The van der Waals surface area contributed by atoms with Crippen LogP contribution in [-0.4, -0.2) is 37.4 Å². The van der Waals surface area contributed by atoms with E-state index in [1.54, 1.807) is 38.4 Å². The van der Waals surface area contributed by atoms with Crippen molar-refractivity contribution in [3.05, 3.63) is 58.6 Å². The van der Waals surface area contributed by atoms with Crippen LogP contribution in [0.4, 0.5) is 11.4 Å². The van der Waals surface area contributed by atoms with Gasteiger partial charge in [-0.2, -0.15) is 0 Å². The van der Waals surface area contributed by atoms with Crippen molar-refractivity contribution < 1.29 is 9.59 Å². The first-order chi connectivity index (χ1) is 11.4. The van der Waals surface area contributed by atoms with Crippen LogP contribution in [0.5, 0.6) is 0 Å². The molecule has 5 nitrogen and oxygen atoms in total. The molecule has 0 bridgehead atoms. The number of amides is 2. The van der Waals surface area contributed by atoms with Crippen molar-refractivity contribution in [2.75, 3.05) is 31.3 Å². The molecule has 0 saturated heterocycles. The number of nitrogens with one attached hydrogen (secondary N) is 2. The van der Waals surface area contributed by atoms with E-state index in [2.05, 4.69) is 10.6 Å². The van der Waals surface area contributed by atoms with Gasteiger partial charge in [-0.15, -0.1) is 0 Å². The molecule has 2 N–H and O–H groups in total. The average molecular weight is 346 g/mol. The van der Waals surface area contributed by atoms with Gasteiger partial charge in [-0.1, -0.05) is 23.7 Å². The second kappa shape index (κ2) is 7.84. The Bertz CT molecular complexity index is 760. The van der Waals surface area contributed by atoms with Crippen molar-refractivity contribution in [1.29, 1.82) is 0 Å². The smallest absolute Gasteiger partial charge is 0.253 e. The number of hydrogen-bond acceptors (Lipinski definition) is 3. The van der Waals surface area contributed by atoms with Gasteiger partial charge in [-0.3, -0.25) is 9.59 Å². The summed E-state index contributed by atoms with van der Waals surface area (Å²) < 4.78 is 0. The zero-order chi connectivity index (χ0) is 17.7. The maximum atomic E-state index is 12.1. The van der Waals surface area contributed by atoms with E-state index >= 15 is 0 Å². The van der Waals surface area contributed by atoms with Gasteiger partial charge in [0.15, 0.2) is 0 Å². The summed E-state index contributed by atoms with van der Waals surface area (Å²) in [6.45, 7) is 2.03. The molecule has 0 aliphatic rings. The Labute approximate surface area is 146 Å². The van der Waals surface area contributed by atoms with Gasteiger partial charge in [-0.25, -0.2) is 0 Å². The molecule has 2 aromatic rings. The van der Waals surface area contributed by atoms with Gasteiger partial charge in [0.2, 0.25) is 5.91 Å². The summed E-state index contributed by atoms with van der Waals surface area (Å²) in [5.74, 6) is -0.336. The lowest BCUT2D eigenvalue weighted by Gasteiger charge is -2.12. The van der Waals surface area contributed by atoms with Crippen molar-refractivity contribution >= 4 is 34.8 Å². The number of carbonyl (C=O) groups is 2. The Kier molecular flexibility index (Phi) is 5.82. The first-order valence-corrected chi connectivity index (χ1v) is 7.86. The summed E-state index contributed by atoms with van der Waals surface area (Å²) in [6.07, 6.45) is 0. The van der Waals surface area contributed by atoms with E-state index in [0.717, 1.165) is 5.56 Å². The van der Waals surface area contributed by atoms with Gasteiger partial charge in [0.1, 0.15) is 0 Å². The summed E-state index contributed by atoms with van der Waals surface area (Å²) in [6, 6.07) is 12.4. The van der Waals surface area contributed by atoms with Crippen LogP contribution in [0.2, 0.25) is 5.02 Å². The highest BCUT2D eigenvalue weighted by atomic mass is 35.5. The quantitative estimate of drug-likeness (QED) is 0.873. The number of hydrogen-bond donors (Lipinski definition) is 2. The van der Waals surface area contributed by atoms with Crippen molar-refractivity contribution in [3.8, 4) is 0 Å². The highest BCUT2D eigenvalue weighted by Crippen LogP contribution is 2.22. The van der Waals surface area contributed by atoms with E-state index in [4.69, 9.17) is 11.6 Å². The second-order valence-corrected chi connectivity index (χ2v) is 6.07. The van der Waals surface area contributed by atoms with Crippen LogP contribution in [0.15, 0.2) is 42.5 Å². The van der Waals surface area contributed by atoms with E-state index in [9.17, 15) is 9.59 Å². The molecule has 6 heteroatoms. The van der Waals surface area contributed by atoms with E-state index in [1.165, 1.54) is 4.90 Å². The normalized spacial score (nSPS) is 10.2. The molecular formula is C18H20ClN3O2. The third-order valence-electron chi connectivity index (χ3n) is 3.36. The Morgan fingerprint density at radius 2 is 1.88 bits per heavy atom. The molecule has 2 amide bonds. The predicted octanol–water partition coefficient (Wildman–Crippen LogP) is 3.40. The fourth-order valence-electron chi connectivity index (χ4n) is 2.13. The van der Waals surface area contributed by atoms with Crippen LogP contribution in [0.1, 0.15) is 15.9 Å². The Morgan fingerprint density at radius 1 is 1.12 bits per heavy atom. The van der Waals surface area contributed by atoms with E-state index in [0.29, 0.717) is 22.0 Å². The molecule has 126 valence electrons. The molecule has 2 rings (SSSR count). The number of anilines is 2. The molecule has 0 spiro atoms. The minimum absolute atomic E-state index is 0.0780. The van der Waals surface area contributed by atoms with Crippen LogP contribution >= 0.6 is 11.6 Å². The first kappa shape index (κ1) is 17.8. The van der Waals surface area contributed by atoms with E-state index < -0.39 is 0 Å². The monoisotopic (exact) mass is 345 g/mol. The third-order valence-corrected chi connectivity index (χ3v) is 3.68. The molecule has 24 heavy (non-hydrogen) atoms. The summed E-state index contributed by atoms with van der Waals surface area (Å²) in [5.41, 5.74) is 2.85. The predicted molar refractivity (Wildman–Crippen MR) is 97.8 cm³/mol. The van der Waals surface area contributed by atoms with Gasteiger partial charge >= 0.3 is 0 Å². The summed E-state index contributed by atoms with van der Waals surface area (Å²) >= 11 is 6.12. The molecule has 0 unspecified atom stereocenters. The van der Waals surface area contributed by atoms with Gasteiger partial charge in [-0.05, 0) is 42.8 Å². The molecule has 0 aliphatic heterocycles. The Hall–Kier alpha value is -2.53. The van der Waals surface area contributed by atoms with Crippen molar-refractivity contribution in [2.24, 2.45) is 0 Å². The maximum Gasteiger partial charge on any atom is 0.253 e. The number of nitrogens with zero attached hydrogens (tertiary/aromatic N) is 1. The highest BCUT2D eigenvalue weighted by Gasteiger charge is 2.10. The largest absolute Gasteiger partial charge is 0.375 e. The molecule has 0 atom stereocenters. The van der Waals surface area contributed by atoms with Crippen molar-refractivity contribution in [3.63, 3.8) is 0 Å². The lowest BCUT2D eigenvalue weighted by Crippen LogP contribution is -2.23. The molecule has 0 heterocycles. The Balaban J connectivity index is 1.97. The fraction of sp³-hybridized carbons (Fsp3) is 0.222. The molecule has 0 radical (unpaired) electrons. The van der Waals surface area contributed by atoms with E-state index in [-0.39, 0.29) is 18.4 Å². The average Bonchev–Trinajstić information content (AvgIpc) is 2.53. The lowest BCUT2D eigenvalue weighted by molar-refractivity contribution is -0.114. The van der Waals surface area contributed by atoms with Crippen LogP contribution in [0.25, 0.3) is 0 Å². The van der Waals surface area contributed by atoms with Crippen LogP contribution in [0.3, 0.4) is 0 Å². The van der Waals surface area contributed by atoms with Gasteiger partial charge in [0, 0.05) is 25.3 Å². The van der Waals surface area contributed by atoms with Gasteiger partial charge in [0.25, 0.3) is 5.91 Å². The molecule has 0 saturated carbocycles. The van der Waals surface area contributed by atoms with Gasteiger partial charge < -0.3 is 15.5 Å². The zero-order valence-electron chi connectivity index (χ0n) is 13.9. The second-order valence-electron chi connectivity index (χ2n) is 5.67. The maximum absolute atomic E-state index is 12.1. The SMILES string of the molecule is Cc1ccc(NCC(=O)Nc2cccc(C(=O)N(C)C)c2)c(Cl)c1. The van der Waals surface area contributed by atoms with Crippen LogP contribution < -0.4 is 10.6 Å². The van der Waals surface area contributed by atoms with Crippen molar-refractivity contribution in [1.82, 2.24) is 4.90 Å².